The number of carbonyl (C=O) groups is 1. The quantitative estimate of drug-likeness (QED) is 0.492. The van der Waals surface area contributed by atoms with E-state index in [1.54, 1.807) is 26.0 Å². The summed E-state index contributed by atoms with van der Waals surface area (Å²) in [4.78, 5) is 11.3. The van der Waals surface area contributed by atoms with E-state index in [2.05, 4.69) is 13.8 Å². The predicted molar refractivity (Wildman–Crippen MR) is 119 cm³/mol. The Kier molecular flexibility index (Phi) is 6.25. The van der Waals surface area contributed by atoms with Gasteiger partial charge >= 0.3 is 0 Å². The van der Waals surface area contributed by atoms with Gasteiger partial charge in [0.15, 0.2) is 0 Å². The maximum atomic E-state index is 14.1. The van der Waals surface area contributed by atoms with Gasteiger partial charge in [-0.2, -0.15) is 0 Å². The standard InChI is InChI=1S/C26H28FNO2/c1-17(2)24(20-5-7-21(8-6-20)25(28)29)30-23-15-11-19(12-16-23)18-9-13-22(14-10-18)26(3,4)27/h5-17,24H,1-4H3,(H2,28,29). The smallest absolute Gasteiger partial charge is 0.248 e. The summed E-state index contributed by atoms with van der Waals surface area (Å²) < 4.78 is 20.3. The molecule has 1 atom stereocenters. The molecule has 3 nitrogen and oxygen atoms in total. The van der Waals surface area contributed by atoms with Gasteiger partial charge in [0.2, 0.25) is 5.91 Å². The van der Waals surface area contributed by atoms with Crippen molar-refractivity contribution < 1.29 is 13.9 Å². The average molecular weight is 406 g/mol. The van der Waals surface area contributed by atoms with Crippen LogP contribution in [-0.2, 0) is 5.67 Å². The Hall–Kier alpha value is -3.14. The number of rotatable bonds is 7. The van der Waals surface area contributed by atoms with Crippen LogP contribution in [0.15, 0.2) is 72.8 Å². The molecule has 4 heteroatoms. The third-order valence-corrected chi connectivity index (χ3v) is 5.15. The zero-order chi connectivity index (χ0) is 21.9. The molecule has 0 saturated carbocycles. The van der Waals surface area contributed by atoms with Crippen LogP contribution < -0.4 is 10.5 Å². The molecule has 3 aromatic rings. The molecular weight excluding hydrogens is 377 g/mol. The number of amides is 1. The highest BCUT2D eigenvalue weighted by Gasteiger charge is 2.19. The van der Waals surface area contributed by atoms with Crippen molar-refractivity contribution in [2.45, 2.75) is 39.5 Å². The highest BCUT2D eigenvalue weighted by molar-refractivity contribution is 5.92. The second kappa shape index (κ2) is 8.70. The van der Waals surface area contributed by atoms with E-state index in [-0.39, 0.29) is 12.0 Å². The fraction of sp³-hybridized carbons (Fsp3) is 0.269. The molecule has 0 aliphatic heterocycles. The normalized spacial score (nSPS) is 12.6. The van der Waals surface area contributed by atoms with Crippen LogP contribution in [-0.4, -0.2) is 5.91 Å². The van der Waals surface area contributed by atoms with Crippen molar-refractivity contribution >= 4 is 5.91 Å². The van der Waals surface area contributed by atoms with E-state index in [0.717, 1.165) is 22.4 Å². The molecule has 0 bridgehead atoms. The van der Waals surface area contributed by atoms with E-state index in [4.69, 9.17) is 10.5 Å². The van der Waals surface area contributed by atoms with Gasteiger partial charge in [-0.25, -0.2) is 4.39 Å². The number of alkyl halides is 1. The number of hydrogen-bond donors (Lipinski definition) is 1. The zero-order valence-corrected chi connectivity index (χ0v) is 17.9. The Bertz CT molecular complexity index is 985. The summed E-state index contributed by atoms with van der Waals surface area (Å²) in [5, 5.41) is 0. The number of primary amides is 1. The van der Waals surface area contributed by atoms with E-state index in [9.17, 15) is 9.18 Å². The van der Waals surface area contributed by atoms with E-state index >= 15 is 0 Å². The van der Waals surface area contributed by atoms with Crippen LogP contribution in [0.4, 0.5) is 4.39 Å². The molecule has 3 aromatic carbocycles. The van der Waals surface area contributed by atoms with E-state index in [0.29, 0.717) is 11.1 Å². The maximum absolute atomic E-state index is 14.1. The molecule has 30 heavy (non-hydrogen) atoms. The van der Waals surface area contributed by atoms with Crippen LogP contribution in [0.5, 0.6) is 5.75 Å². The summed E-state index contributed by atoms with van der Waals surface area (Å²) in [6, 6.07) is 22.6. The van der Waals surface area contributed by atoms with Crippen molar-refractivity contribution in [2.24, 2.45) is 11.7 Å². The van der Waals surface area contributed by atoms with E-state index in [1.165, 1.54) is 0 Å². The molecule has 0 fully saturated rings. The van der Waals surface area contributed by atoms with Gasteiger partial charge < -0.3 is 10.5 Å². The van der Waals surface area contributed by atoms with E-state index < -0.39 is 11.6 Å². The molecule has 2 N–H and O–H groups in total. The second-order valence-corrected chi connectivity index (χ2v) is 8.34. The Labute approximate surface area is 177 Å². The largest absolute Gasteiger partial charge is 0.485 e. The molecule has 0 spiro atoms. The van der Waals surface area contributed by atoms with E-state index in [1.807, 2.05) is 60.7 Å². The number of halogens is 1. The lowest BCUT2D eigenvalue weighted by Crippen LogP contribution is -2.15. The lowest BCUT2D eigenvalue weighted by Gasteiger charge is -2.23. The van der Waals surface area contributed by atoms with Crippen molar-refractivity contribution in [1.82, 2.24) is 0 Å². The molecule has 156 valence electrons. The number of carbonyl (C=O) groups excluding carboxylic acids is 1. The molecule has 0 saturated heterocycles. The first-order valence-corrected chi connectivity index (χ1v) is 10.1. The van der Waals surface area contributed by atoms with Crippen molar-refractivity contribution in [3.05, 3.63) is 89.5 Å². The second-order valence-electron chi connectivity index (χ2n) is 8.34. The Morgan fingerprint density at radius 3 is 1.80 bits per heavy atom. The minimum absolute atomic E-state index is 0.149. The van der Waals surface area contributed by atoms with Crippen LogP contribution in [0.3, 0.4) is 0 Å². The van der Waals surface area contributed by atoms with Crippen LogP contribution in [0.25, 0.3) is 11.1 Å². The Morgan fingerprint density at radius 2 is 1.37 bits per heavy atom. The monoisotopic (exact) mass is 405 g/mol. The molecule has 0 heterocycles. The number of hydrogen-bond acceptors (Lipinski definition) is 2. The molecule has 1 unspecified atom stereocenters. The van der Waals surface area contributed by atoms with Gasteiger partial charge in [-0.3, -0.25) is 4.79 Å². The summed E-state index contributed by atoms with van der Waals surface area (Å²) >= 11 is 0. The lowest BCUT2D eigenvalue weighted by atomic mass is 9.96. The first kappa shape index (κ1) is 21.6. The number of benzene rings is 3. The van der Waals surface area contributed by atoms with Crippen LogP contribution >= 0.6 is 0 Å². The summed E-state index contributed by atoms with van der Waals surface area (Å²) in [6.45, 7) is 7.30. The van der Waals surface area contributed by atoms with Crippen LogP contribution in [0.1, 0.15) is 55.3 Å². The van der Waals surface area contributed by atoms with Gasteiger partial charge in [-0.1, -0.05) is 62.4 Å². The van der Waals surface area contributed by atoms with Gasteiger partial charge in [0.25, 0.3) is 0 Å². The first-order valence-electron chi connectivity index (χ1n) is 10.1. The fourth-order valence-corrected chi connectivity index (χ4v) is 3.36. The minimum Gasteiger partial charge on any atom is -0.485 e. The fourth-order valence-electron chi connectivity index (χ4n) is 3.36. The van der Waals surface area contributed by atoms with Crippen molar-refractivity contribution in [3.8, 4) is 16.9 Å². The topological polar surface area (TPSA) is 52.3 Å². The van der Waals surface area contributed by atoms with Gasteiger partial charge in [-0.05, 0) is 66.3 Å². The molecular formula is C26H28FNO2. The first-order chi connectivity index (χ1) is 14.1. The molecule has 0 aromatic heterocycles. The van der Waals surface area contributed by atoms with Crippen LogP contribution in [0.2, 0.25) is 0 Å². The number of ether oxygens (including phenoxy) is 1. The Morgan fingerprint density at radius 1 is 0.867 bits per heavy atom. The molecule has 0 aliphatic carbocycles. The predicted octanol–water partition coefficient (Wildman–Crippen LogP) is 6.43. The van der Waals surface area contributed by atoms with Crippen molar-refractivity contribution in [2.75, 3.05) is 0 Å². The Balaban J connectivity index is 1.76. The van der Waals surface area contributed by atoms with Crippen molar-refractivity contribution in [1.29, 1.82) is 0 Å². The molecule has 0 aliphatic rings. The number of nitrogens with two attached hydrogens (primary N) is 1. The molecule has 0 radical (unpaired) electrons. The summed E-state index contributed by atoms with van der Waals surface area (Å²) in [5.41, 5.74) is 8.17. The van der Waals surface area contributed by atoms with Gasteiger partial charge in [0.05, 0.1) is 0 Å². The zero-order valence-electron chi connectivity index (χ0n) is 17.9. The molecule has 3 rings (SSSR count). The highest BCUT2D eigenvalue weighted by Crippen LogP contribution is 2.31. The third-order valence-electron chi connectivity index (χ3n) is 5.15. The summed E-state index contributed by atoms with van der Waals surface area (Å²) in [5.74, 6) is 0.556. The van der Waals surface area contributed by atoms with Gasteiger partial charge in [0.1, 0.15) is 17.5 Å². The lowest BCUT2D eigenvalue weighted by molar-refractivity contribution is 0.1000. The van der Waals surface area contributed by atoms with Crippen molar-refractivity contribution in [3.63, 3.8) is 0 Å². The summed E-state index contributed by atoms with van der Waals surface area (Å²) in [7, 11) is 0. The highest BCUT2D eigenvalue weighted by atomic mass is 19.1. The maximum Gasteiger partial charge on any atom is 0.248 e. The van der Waals surface area contributed by atoms with Crippen LogP contribution in [0, 0.1) is 5.92 Å². The van der Waals surface area contributed by atoms with Gasteiger partial charge in [-0.15, -0.1) is 0 Å². The third kappa shape index (κ3) is 5.07. The summed E-state index contributed by atoms with van der Waals surface area (Å²) in [6.07, 6.45) is -0.149. The minimum atomic E-state index is -1.35. The van der Waals surface area contributed by atoms with Gasteiger partial charge in [0, 0.05) is 5.56 Å². The molecule has 1 amide bonds. The average Bonchev–Trinajstić information content (AvgIpc) is 2.72. The SMILES string of the molecule is CC(C)C(Oc1ccc(-c2ccc(C(C)(C)F)cc2)cc1)c1ccc(C(N)=O)cc1.